The Morgan fingerprint density at radius 3 is 2.78 bits per heavy atom. The molecule has 0 unspecified atom stereocenters. The van der Waals surface area contributed by atoms with E-state index in [4.69, 9.17) is 5.73 Å². The summed E-state index contributed by atoms with van der Waals surface area (Å²) in [6.45, 7) is 5.40. The van der Waals surface area contributed by atoms with Gasteiger partial charge in [0.05, 0.1) is 6.54 Å². The highest BCUT2D eigenvalue weighted by atomic mass is 15.6. The number of tetrazole rings is 1. The molecule has 96 valence electrons. The lowest BCUT2D eigenvalue weighted by Crippen LogP contribution is -2.12. The van der Waals surface area contributed by atoms with Crippen molar-refractivity contribution in [2.24, 2.45) is 5.73 Å². The normalized spacial score (nSPS) is 10.8. The topological polar surface area (TPSA) is 69.6 Å². The van der Waals surface area contributed by atoms with Crippen LogP contribution in [0.4, 0.5) is 0 Å². The number of hydrogen-bond donors (Lipinski definition) is 1. The van der Waals surface area contributed by atoms with Crippen molar-refractivity contribution in [3.8, 4) is 0 Å². The molecule has 2 N–H and O–H groups in total. The number of rotatable bonds is 5. The Hall–Kier alpha value is -1.75. The fourth-order valence-corrected chi connectivity index (χ4v) is 1.96. The molecule has 1 aromatic carbocycles. The van der Waals surface area contributed by atoms with Gasteiger partial charge in [0.15, 0.2) is 5.82 Å². The Bertz CT molecular complexity index is 518. The fourth-order valence-electron chi connectivity index (χ4n) is 1.96. The summed E-state index contributed by atoms with van der Waals surface area (Å²) in [4.78, 5) is 1.55. The fraction of sp³-hybridized carbons (Fsp3) is 0.462. The van der Waals surface area contributed by atoms with E-state index in [1.54, 1.807) is 4.80 Å². The summed E-state index contributed by atoms with van der Waals surface area (Å²) in [5.74, 6) is 0.781. The first kappa shape index (κ1) is 12.7. The van der Waals surface area contributed by atoms with Crippen LogP contribution in [0.3, 0.4) is 0 Å². The van der Waals surface area contributed by atoms with E-state index < -0.39 is 0 Å². The van der Waals surface area contributed by atoms with Crippen LogP contribution in [-0.4, -0.2) is 26.8 Å². The van der Waals surface area contributed by atoms with E-state index in [0.29, 0.717) is 13.1 Å². The van der Waals surface area contributed by atoms with Crippen molar-refractivity contribution >= 4 is 0 Å². The van der Waals surface area contributed by atoms with Crippen LogP contribution in [0.15, 0.2) is 18.2 Å². The van der Waals surface area contributed by atoms with E-state index in [0.717, 1.165) is 18.7 Å². The lowest BCUT2D eigenvalue weighted by Gasteiger charge is -2.04. The molecule has 5 nitrogen and oxygen atoms in total. The zero-order valence-corrected chi connectivity index (χ0v) is 10.9. The Kier molecular flexibility index (Phi) is 4.04. The van der Waals surface area contributed by atoms with E-state index in [2.05, 4.69) is 47.5 Å². The maximum absolute atomic E-state index is 5.44. The second-order valence-electron chi connectivity index (χ2n) is 4.52. The molecule has 1 aromatic heterocycles. The zero-order valence-electron chi connectivity index (χ0n) is 10.9. The third kappa shape index (κ3) is 3.13. The van der Waals surface area contributed by atoms with Crippen molar-refractivity contribution in [1.29, 1.82) is 0 Å². The number of aromatic nitrogens is 4. The van der Waals surface area contributed by atoms with Crippen LogP contribution >= 0.6 is 0 Å². The van der Waals surface area contributed by atoms with E-state index in [-0.39, 0.29) is 0 Å². The molecule has 0 aliphatic rings. The summed E-state index contributed by atoms with van der Waals surface area (Å²) in [5, 5.41) is 12.3. The standard InChI is InChI=1S/C13H19N5/c1-10-3-4-12(11(2)9-10)5-6-13-15-17-18(16-13)8-7-14/h3-4,9H,5-8,14H2,1-2H3. The van der Waals surface area contributed by atoms with Crippen LogP contribution < -0.4 is 5.73 Å². The predicted octanol–water partition coefficient (Wildman–Crippen LogP) is 1.03. The second kappa shape index (κ2) is 5.73. The summed E-state index contributed by atoms with van der Waals surface area (Å²) >= 11 is 0. The minimum Gasteiger partial charge on any atom is -0.329 e. The predicted molar refractivity (Wildman–Crippen MR) is 70.2 cm³/mol. The molecule has 0 aliphatic carbocycles. The van der Waals surface area contributed by atoms with E-state index >= 15 is 0 Å². The molecule has 2 aromatic rings. The van der Waals surface area contributed by atoms with Crippen LogP contribution in [0.25, 0.3) is 0 Å². The molecule has 0 aliphatic heterocycles. The van der Waals surface area contributed by atoms with Gasteiger partial charge in [-0.2, -0.15) is 4.80 Å². The van der Waals surface area contributed by atoms with E-state index in [1.165, 1.54) is 16.7 Å². The Morgan fingerprint density at radius 2 is 2.06 bits per heavy atom. The first-order valence-electron chi connectivity index (χ1n) is 6.22. The van der Waals surface area contributed by atoms with Gasteiger partial charge >= 0.3 is 0 Å². The van der Waals surface area contributed by atoms with Crippen molar-refractivity contribution in [2.75, 3.05) is 6.54 Å². The highest BCUT2D eigenvalue weighted by Crippen LogP contribution is 2.12. The van der Waals surface area contributed by atoms with Crippen molar-refractivity contribution in [3.05, 3.63) is 40.7 Å². The zero-order chi connectivity index (χ0) is 13.0. The minimum absolute atomic E-state index is 0.535. The Balaban J connectivity index is 1.97. The van der Waals surface area contributed by atoms with Gasteiger partial charge in [0, 0.05) is 13.0 Å². The number of aryl methyl sites for hydroxylation is 4. The highest BCUT2D eigenvalue weighted by molar-refractivity contribution is 5.30. The quantitative estimate of drug-likeness (QED) is 0.854. The molecule has 5 heteroatoms. The van der Waals surface area contributed by atoms with Crippen LogP contribution in [0.1, 0.15) is 22.5 Å². The molecular formula is C13H19N5. The first-order chi connectivity index (χ1) is 8.69. The molecule has 0 atom stereocenters. The molecule has 0 fully saturated rings. The molecule has 0 saturated carbocycles. The molecule has 0 radical (unpaired) electrons. The first-order valence-corrected chi connectivity index (χ1v) is 6.22. The van der Waals surface area contributed by atoms with Gasteiger partial charge in [0.2, 0.25) is 0 Å². The number of nitrogens with two attached hydrogens (primary N) is 1. The van der Waals surface area contributed by atoms with Gasteiger partial charge in [-0.15, -0.1) is 10.2 Å². The van der Waals surface area contributed by atoms with Gasteiger partial charge < -0.3 is 5.73 Å². The van der Waals surface area contributed by atoms with Gasteiger partial charge in [0.1, 0.15) is 0 Å². The summed E-state index contributed by atoms with van der Waals surface area (Å²) in [7, 11) is 0. The molecule has 0 bridgehead atoms. The Labute approximate surface area is 107 Å². The third-order valence-electron chi connectivity index (χ3n) is 2.94. The molecule has 0 amide bonds. The lowest BCUT2D eigenvalue weighted by atomic mass is 10.0. The number of nitrogens with zero attached hydrogens (tertiary/aromatic N) is 4. The average molecular weight is 245 g/mol. The molecule has 18 heavy (non-hydrogen) atoms. The van der Waals surface area contributed by atoms with Gasteiger partial charge in [0.25, 0.3) is 0 Å². The highest BCUT2D eigenvalue weighted by Gasteiger charge is 2.04. The van der Waals surface area contributed by atoms with Crippen molar-refractivity contribution in [2.45, 2.75) is 33.2 Å². The van der Waals surface area contributed by atoms with Crippen LogP contribution in [0.2, 0.25) is 0 Å². The lowest BCUT2D eigenvalue weighted by molar-refractivity contribution is 0.528. The smallest absolute Gasteiger partial charge is 0.175 e. The average Bonchev–Trinajstić information content (AvgIpc) is 2.76. The van der Waals surface area contributed by atoms with Gasteiger partial charge in [-0.25, -0.2) is 0 Å². The summed E-state index contributed by atoms with van der Waals surface area (Å²) < 4.78 is 0. The monoisotopic (exact) mass is 245 g/mol. The van der Waals surface area contributed by atoms with Crippen molar-refractivity contribution < 1.29 is 0 Å². The SMILES string of the molecule is Cc1ccc(CCc2nnn(CCN)n2)c(C)c1. The van der Waals surface area contributed by atoms with Crippen molar-refractivity contribution in [1.82, 2.24) is 20.2 Å². The summed E-state index contributed by atoms with van der Waals surface area (Å²) in [6, 6.07) is 6.52. The minimum atomic E-state index is 0.535. The summed E-state index contributed by atoms with van der Waals surface area (Å²) in [6.07, 6.45) is 1.76. The number of hydrogen-bond acceptors (Lipinski definition) is 4. The third-order valence-corrected chi connectivity index (χ3v) is 2.94. The number of benzene rings is 1. The van der Waals surface area contributed by atoms with Gasteiger partial charge in [-0.3, -0.25) is 0 Å². The maximum Gasteiger partial charge on any atom is 0.175 e. The van der Waals surface area contributed by atoms with Crippen LogP contribution in [0, 0.1) is 13.8 Å². The van der Waals surface area contributed by atoms with Crippen LogP contribution in [0.5, 0.6) is 0 Å². The summed E-state index contributed by atoms with van der Waals surface area (Å²) in [5.41, 5.74) is 9.40. The molecule has 2 rings (SSSR count). The largest absolute Gasteiger partial charge is 0.329 e. The van der Waals surface area contributed by atoms with Gasteiger partial charge in [-0.1, -0.05) is 23.8 Å². The molecule has 0 saturated heterocycles. The van der Waals surface area contributed by atoms with Gasteiger partial charge in [-0.05, 0) is 36.6 Å². The Morgan fingerprint density at radius 1 is 1.22 bits per heavy atom. The van der Waals surface area contributed by atoms with Crippen molar-refractivity contribution in [3.63, 3.8) is 0 Å². The maximum atomic E-state index is 5.44. The molecular weight excluding hydrogens is 226 g/mol. The molecule has 1 heterocycles. The van der Waals surface area contributed by atoms with Crippen LogP contribution in [-0.2, 0) is 19.4 Å². The van der Waals surface area contributed by atoms with E-state index in [1.807, 2.05) is 0 Å². The second-order valence-corrected chi connectivity index (χ2v) is 4.52. The molecule has 0 spiro atoms. The van der Waals surface area contributed by atoms with E-state index in [9.17, 15) is 0 Å².